The molecule has 0 saturated carbocycles. The predicted molar refractivity (Wildman–Crippen MR) is 135 cm³/mol. The SMILES string of the molecule is C=C(OC)C(CCCN(C)CCc1ccc(OC)c(OC)c1)(C(=O)O)c1ccc(OC)c(OC)c1. The zero-order valence-electron chi connectivity index (χ0n) is 21.6. The van der Waals surface area contributed by atoms with Crippen LogP contribution in [0.25, 0.3) is 0 Å². The van der Waals surface area contributed by atoms with Gasteiger partial charge in [-0.3, -0.25) is 4.79 Å². The van der Waals surface area contributed by atoms with Gasteiger partial charge in [0.15, 0.2) is 23.0 Å². The molecule has 0 bridgehead atoms. The summed E-state index contributed by atoms with van der Waals surface area (Å²) in [6.07, 6.45) is 1.75. The number of methoxy groups -OCH3 is 5. The summed E-state index contributed by atoms with van der Waals surface area (Å²) in [5.74, 6) is 1.52. The minimum Gasteiger partial charge on any atom is -0.500 e. The maximum Gasteiger partial charge on any atom is 0.321 e. The van der Waals surface area contributed by atoms with Crippen LogP contribution in [0.3, 0.4) is 0 Å². The Labute approximate surface area is 208 Å². The average Bonchev–Trinajstić information content (AvgIpc) is 2.88. The zero-order valence-corrected chi connectivity index (χ0v) is 21.6. The molecule has 0 saturated heterocycles. The first kappa shape index (κ1) is 27.9. The standard InChI is InChI=1S/C27H37NO7/c1-19(31-3)27(26(29)30,21-10-12-23(33-5)25(18-21)35-7)14-8-15-28(2)16-13-20-9-11-22(32-4)24(17-20)34-6/h9-12,17-18H,1,8,13-16H2,2-7H3,(H,29,30). The van der Waals surface area contributed by atoms with Gasteiger partial charge in [0.1, 0.15) is 11.2 Å². The summed E-state index contributed by atoms with van der Waals surface area (Å²) >= 11 is 0. The molecule has 8 nitrogen and oxygen atoms in total. The molecule has 35 heavy (non-hydrogen) atoms. The molecule has 0 spiro atoms. The fourth-order valence-corrected chi connectivity index (χ4v) is 4.15. The van der Waals surface area contributed by atoms with Crippen LogP contribution in [0.5, 0.6) is 23.0 Å². The van der Waals surface area contributed by atoms with Crippen LogP contribution in [0.4, 0.5) is 0 Å². The Morgan fingerprint density at radius 1 is 0.886 bits per heavy atom. The summed E-state index contributed by atoms with van der Waals surface area (Å²) in [6.45, 7) is 5.44. The Morgan fingerprint density at radius 2 is 1.46 bits per heavy atom. The van der Waals surface area contributed by atoms with Crippen LogP contribution in [-0.2, 0) is 21.4 Å². The number of aliphatic carboxylic acids is 1. The number of carboxylic acids is 1. The largest absolute Gasteiger partial charge is 0.500 e. The Hall–Kier alpha value is -3.39. The highest BCUT2D eigenvalue weighted by Crippen LogP contribution is 2.41. The van der Waals surface area contributed by atoms with Gasteiger partial charge in [-0.05, 0) is 68.2 Å². The topological polar surface area (TPSA) is 86.7 Å². The van der Waals surface area contributed by atoms with Crippen LogP contribution in [0.15, 0.2) is 48.7 Å². The van der Waals surface area contributed by atoms with E-state index in [1.54, 1.807) is 32.4 Å². The van der Waals surface area contributed by atoms with Crippen molar-refractivity contribution in [2.75, 3.05) is 55.7 Å². The lowest BCUT2D eigenvalue weighted by molar-refractivity contribution is -0.144. The molecular formula is C27H37NO7. The van der Waals surface area contributed by atoms with Gasteiger partial charge in [-0.25, -0.2) is 0 Å². The van der Waals surface area contributed by atoms with Crippen molar-refractivity contribution >= 4 is 5.97 Å². The smallest absolute Gasteiger partial charge is 0.321 e. The molecule has 2 aromatic carbocycles. The van der Waals surface area contributed by atoms with E-state index in [2.05, 4.69) is 11.5 Å². The minimum absolute atomic E-state index is 0.171. The van der Waals surface area contributed by atoms with E-state index < -0.39 is 11.4 Å². The van der Waals surface area contributed by atoms with Crippen LogP contribution in [0, 0.1) is 0 Å². The van der Waals surface area contributed by atoms with Gasteiger partial charge in [0.05, 0.1) is 35.5 Å². The van der Waals surface area contributed by atoms with E-state index in [1.807, 2.05) is 25.2 Å². The van der Waals surface area contributed by atoms with Crippen LogP contribution in [0.1, 0.15) is 24.0 Å². The molecule has 0 amide bonds. The van der Waals surface area contributed by atoms with Gasteiger partial charge >= 0.3 is 5.97 Å². The molecule has 1 unspecified atom stereocenters. The number of carbonyl (C=O) groups is 1. The normalized spacial score (nSPS) is 12.5. The van der Waals surface area contributed by atoms with Gasteiger partial charge in [-0.2, -0.15) is 0 Å². The van der Waals surface area contributed by atoms with E-state index in [1.165, 1.54) is 21.3 Å². The second-order valence-corrected chi connectivity index (χ2v) is 8.25. The lowest BCUT2D eigenvalue weighted by Gasteiger charge is -2.32. The number of rotatable bonds is 15. The van der Waals surface area contributed by atoms with E-state index in [0.717, 1.165) is 18.5 Å². The third-order valence-corrected chi connectivity index (χ3v) is 6.29. The molecule has 2 aromatic rings. The molecular weight excluding hydrogens is 450 g/mol. The predicted octanol–water partition coefficient (Wildman–Crippen LogP) is 4.16. The Bertz CT molecular complexity index is 1010. The molecule has 8 heteroatoms. The van der Waals surface area contributed by atoms with Gasteiger partial charge in [0.25, 0.3) is 0 Å². The van der Waals surface area contributed by atoms with Crippen molar-refractivity contribution in [3.05, 3.63) is 59.9 Å². The first-order valence-corrected chi connectivity index (χ1v) is 11.4. The lowest BCUT2D eigenvalue weighted by Crippen LogP contribution is -2.39. The van der Waals surface area contributed by atoms with Crippen LogP contribution < -0.4 is 18.9 Å². The number of hydrogen-bond donors (Lipinski definition) is 1. The molecule has 0 aromatic heterocycles. The maximum absolute atomic E-state index is 12.6. The summed E-state index contributed by atoms with van der Waals surface area (Å²) in [6, 6.07) is 11.0. The number of hydrogen-bond acceptors (Lipinski definition) is 7. The van der Waals surface area contributed by atoms with Crippen molar-refractivity contribution in [3.63, 3.8) is 0 Å². The summed E-state index contributed by atoms with van der Waals surface area (Å²) < 4.78 is 26.8. The van der Waals surface area contributed by atoms with Crippen LogP contribution in [-0.4, -0.2) is 71.7 Å². The molecule has 192 valence electrons. The zero-order chi connectivity index (χ0) is 26.0. The van der Waals surface area contributed by atoms with E-state index in [9.17, 15) is 9.90 Å². The third-order valence-electron chi connectivity index (χ3n) is 6.29. The van der Waals surface area contributed by atoms with Gasteiger partial charge in [-0.15, -0.1) is 0 Å². The van der Waals surface area contributed by atoms with E-state index in [0.29, 0.717) is 47.9 Å². The highest BCUT2D eigenvalue weighted by molar-refractivity contribution is 5.85. The van der Waals surface area contributed by atoms with E-state index in [4.69, 9.17) is 23.7 Å². The quantitative estimate of drug-likeness (QED) is 0.375. The van der Waals surface area contributed by atoms with Crippen molar-refractivity contribution in [2.24, 2.45) is 0 Å². The highest BCUT2D eigenvalue weighted by atomic mass is 16.5. The summed E-state index contributed by atoms with van der Waals surface area (Å²) in [5.41, 5.74) is 0.244. The van der Waals surface area contributed by atoms with Gasteiger partial charge in [0, 0.05) is 6.54 Å². The first-order chi connectivity index (χ1) is 16.8. The lowest BCUT2D eigenvalue weighted by atomic mass is 9.75. The molecule has 1 atom stereocenters. The summed E-state index contributed by atoms with van der Waals surface area (Å²) in [7, 11) is 9.74. The van der Waals surface area contributed by atoms with Gasteiger partial charge in [0.2, 0.25) is 0 Å². The van der Waals surface area contributed by atoms with Crippen LogP contribution in [0.2, 0.25) is 0 Å². The van der Waals surface area contributed by atoms with E-state index in [-0.39, 0.29) is 5.76 Å². The molecule has 0 heterocycles. The van der Waals surface area contributed by atoms with E-state index >= 15 is 0 Å². The average molecular weight is 488 g/mol. The number of ether oxygens (including phenoxy) is 5. The highest BCUT2D eigenvalue weighted by Gasteiger charge is 2.44. The van der Waals surface area contributed by atoms with Gasteiger partial charge < -0.3 is 33.7 Å². The number of carboxylic acid groups (broad SMARTS) is 1. The van der Waals surface area contributed by atoms with Crippen molar-refractivity contribution in [1.29, 1.82) is 0 Å². The second-order valence-electron chi connectivity index (χ2n) is 8.25. The second kappa shape index (κ2) is 12.9. The number of nitrogens with zero attached hydrogens (tertiary/aromatic N) is 1. The molecule has 0 fully saturated rings. The molecule has 0 aliphatic carbocycles. The first-order valence-electron chi connectivity index (χ1n) is 11.4. The molecule has 0 aliphatic rings. The molecule has 2 rings (SSSR count). The molecule has 0 radical (unpaired) electrons. The molecule has 1 N–H and O–H groups in total. The fourth-order valence-electron chi connectivity index (χ4n) is 4.15. The fraction of sp³-hybridized carbons (Fsp3) is 0.444. The maximum atomic E-state index is 12.6. The van der Waals surface area contributed by atoms with Crippen molar-refractivity contribution in [2.45, 2.75) is 24.7 Å². The Balaban J connectivity index is 2.13. The van der Waals surface area contributed by atoms with Crippen molar-refractivity contribution < 1.29 is 33.6 Å². The van der Waals surface area contributed by atoms with Crippen molar-refractivity contribution in [3.8, 4) is 23.0 Å². The third kappa shape index (κ3) is 6.39. The monoisotopic (exact) mass is 487 g/mol. The Kier molecular flexibility index (Phi) is 10.3. The number of benzene rings is 2. The number of likely N-dealkylation sites (N-methyl/N-ethyl adjacent to an activating group) is 1. The summed E-state index contributed by atoms with van der Waals surface area (Å²) in [5, 5.41) is 10.3. The van der Waals surface area contributed by atoms with Crippen LogP contribution >= 0.6 is 0 Å². The Morgan fingerprint density at radius 3 is 2.00 bits per heavy atom. The van der Waals surface area contributed by atoms with Gasteiger partial charge in [-0.1, -0.05) is 18.7 Å². The van der Waals surface area contributed by atoms with Crippen molar-refractivity contribution in [1.82, 2.24) is 4.90 Å². The molecule has 0 aliphatic heterocycles. The minimum atomic E-state index is -1.42. The summed E-state index contributed by atoms with van der Waals surface area (Å²) in [4.78, 5) is 14.8.